The van der Waals surface area contributed by atoms with E-state index in [1.807, 2.05) is 61.5 Å². The quantitative estimate of drug-likeness (QED) is 0.471. The third kappa shape index (κ3) is 5.62. The Balaban J connectivity index is 1.47. The Kier molecular flexibility index (Phi) is 7.43. The van der Waals surface area contributed by atoms with Gasteiger partial charge in [0.15, 0.2) is 6.10 Å². The molecule has 3 aromatic carbocycles. The number of hydrogen-bond donors (Lipinski definition) is 1. The second kappa shape index (κ2) is 10.8. The Labute approximate surface area is 194 Å². The van der Waals surface area contributed by atoms with E-state index in [0.29, 0.717) is 26.2 Å². The number of hydrogen-bond acceptors (Lipinski definition) is 4. The second-order valence-electron chi connectivity index (χ2n) is 7.92. The van der Waals surface area contributed by atoms with Gasteiger partial charge >= 0.3 is 5.97 Å². The number of benzene rings is 3. The first-order chi connectivity index (χ1) is 16.2. The first-order valence-electron chi connectivity index (χ1n) is 11.2. The minimum atomic E-state index is -0.941. The van der Waals surface area contributed by atoms with Crippen LogP contribution in [0.5, 0.6) is 11.5 Å². The predicted octanol–water partition coefficient (Wildman–Crippen LogP) is 5.51. The summed E-state index contributed by atoms with van der Waals surface area (Å²) in [6.45, 7) is 3.32. The molecule has 33 heavy (non-hydrogen) atoms. The molecule has 0 aliphatic carbocycles. The average Bonchev–Trinajstić information content (AvgIpc) is 3.00. The van der Waals surface area contributed by atoms with Crippen LogP contribution in [0.15, 0.2) is 78.9 Å². The van der Waals surface area contributed by atoms with Crippen LogP contribution >= 0.6 is 0 Å². The molecule has 170 valence electrons. The van der Waals surface area contributed by atoms with Crippen molar-refractivity contribution in [2.24, 2.45) is 0 Å². The van der Waals surface area contributed by atoms with Gasteiger partial charge in [0.05, 0.1) is 0 Å². The van der Waals surface area contributed by atoms with Gasteiger partial charge in [-0.15, -0.1) is 0 Å². The van der Waals surface area contributed by atoms with E-state index >= 15 is 0 Å². The number of aliphatic carboxylic acids is 1. The van der Waals surface area contributed by atoms with Gasteiger partial charge in [0, 0.05) is 18.6 Å². The third-order valence-corrected chi connectivity index (χ3v) is 5.55. The Hall–Kier alpha value is -3.57. The summed E-state index contributed by atoms with van der Waals surface area (Å²) in [6, 6.07) is 23.8. The maximum Gasteiger partial charge on any atom is 0.333 e. The molecule has 4 rings (SSSR count). The van der Waals surface area contributed by atoms with Crippen molar-refractivity contribution in [2.75, 3.05) is 13.2 Å². The van der Waals surface area contributed by atoms with E-state index in [2.05, 4.69) is 24.3 Å². The van der Waals surface area contributed by atoms with Crippen molar-refractivity contribution in [3.8, 4) is 11.5 Å². The largest absolute Gasteiger partial charge is 0.490 e. The van der Waals surface area contributed by atoms with Gasteiger partial charge in [-0.05, 0) is 53.0 Å². The highest BCUT2D eigenvalue weighted by molar-refractivity contribution is 5.85. The van der Waals surface area contributed by atoms with E-state index in [-0.39, 0.29) is 0 Å². The zero-order valence-electron chi connectivity index (χ0n) is 18.7. The Morgan fingerprint density at radius 1 is 1.03 bits per heavy atom. The summed E-state index contributed by atoms with van der Waals surface area (Å²) in [5.74, 6) is 0.648. The summed E-state index contributed by atoms with van der Waals surface area (Å²) < 4.78 is 17.4. The maximum absolute atomic E-state index is 11.4. The van der Waals surface area contributed by atoms with Gasteiger partial charge in [0.25, 0.3) is 0 Å². The Morgan fingerprint density at radius 2 is 1.76 bits per heavy atom. The van der Waals surface area contributed by atoms with Crippen LogP contribution in [0.2, 0.25) is 0 Å². The normalized spacial score (nSPS) is 14.5. The minimum Gasteiger partial charge on any atom is -0.490 e. The molecule has 1 unspecified atom stereocenters. The molecule has 5 nitrogen and oxygen atoms in total. The fraction of sp³-hybridized carbons (Fsp3) is 0.250. The lowest BCUT2D eigenvalue weighted by Crippen LogP contribution is -2.26. The van der Waals surface area contributed by atoms with Crippen molar-refractivity contribution in [3.63, 3.8) is 0 Å². The average molecular weight is 445 g/mol. The molecule has 0 aromatic heterocycles. The smallest absolute Gasteiger partial charge is 0.333 e. The maximum atomic E-state index is 11.4. The van der Waals surface area contributed by atoms with E-state index in [0.717, 1.165) is 45.7 Å². The number of para-hydroxylation sites is 1. The van der Waals surface area contributed by atoms with Crippen LogP contribution in [0.1, 0.15) is 35.6 Å². The van der Waals surface area contributed by atoms with Gasteiger partial charge in [-0.2, -0.15) is 0 Å². The molecule has 1 atom stereocenters. The van der Waals surface area contributed by atoms with Gasteiger partial charge in [0.1, 0.15) is 24.7 Å². The Morgan fingerprint density at radius 3 is 2.52 bits per heavy atom. The van der Waals surface area contributed by atoms with Crippen molar-refractivity contribution < 1.29 is 24.1 Å². The van der Waals surface area contributed by atoms with Crippen LogP contribution in [-0.4, -0.2) is 30.4 Å². The highest BCUT2D eigenvalue weighted by Gasteiger charge is 2.19. The van der Waals surface area contributed by atoms with E-state index in [4.69, 9.17) is 14.2 Å². The molecule has 0 fully saturated rings. The lowest BCUT2D eigenvalue weighted by molar-refractivity contribution is -0.150. The number of carboxylic acids is 1. The second-order valence-corrected chi connectivity index (χ2v) is 7.92. The van der Waals surface area contributed by atoms with Gasteiger partial charge in [-0.1, -0.05) is 61.5 Å². The highest BCUT2D eigenvalue weighted by Crippen LogP contribution is 2.36. The van der Waals surface area contributed by atoms with Crippen LogP contribution in [0, 0.1) is 0 Å². The van der Waals surface area contributed by atoms with Gasteiger partial charge in [0.2, 0.25) is 0 Å². The van der Waals surface area contributed by atoms with Gasteiger partial charge in [-0.3, -0.25) is 0 Å². The Bertz CT molecular complexity index is 1070. The fourth-order valence-electron chi connectivity index (χ4n) is 3.88. The van der Waals surface area contributed by atoms with Gasteiger partial charge in [-0.25, -0.2) is 4.79 Å². The zero-order chi connectivity index (χ0) is 23.0. The summed E-state index contributed by atoms with van der Waals surface area (Å²) in [5, 5.41) is 9.35. The van der Waals surface area contributed by atoms with E-state index in [1.54, 1.807) is 0 Å². The van der Waals surface area contributed by atoms with E-state index in [9.17, 15) is 9.90 Å². The minimum absolute atomic E-state index is 0.327. The molecule has 1 aliphatic rings. The topological polar surface area (TPSA) is 65.0 Å². The van der Waals surface area contributed by atoms with Crippen LogP contribution in [0.3, 0.4) is 0 Å². The summed E-state index contributed by atoms with van der Waals surface area (Å²) in [5.41, 5.74) is 5.32. The number of fused-ring (bicyclic) bond motifs is 2. The molecule has 1 N–H and O–H groups in total. The molecule has 0 radical (unpaired) electrons. The van der Waals surface area contributed by atoms with E-state index < -0.39 is 12.1 Å². The summed E-state index contributed by atoms with van der Waals surface area (Å²) in [6.07, 6.45) is 2.36. The molecule has 0 bridgehead atoms. The summed E-state index contributed by atoms with van der Waals surface area (Å²) in [7, 11) is 0. The van der Waals surface area contributed by atoms with Crippen LogP contribution < -0.4 is 9.47 Å². The molecule has 1 aliphatic heterocycles. The molecule has 0 spiro atoms. The van der Waals surface area contributed by atoms with Crippen LogP contribution in [0.4, 0.5) is 0 Å². The highest BCUT2D eigenvalue weighted by atomic mass is 16.5. The lowest BCUT2D eigenvalue weighted by atomic mass is 9.94. The molecular formula is C28H28O5. The summed E-state index contributed by atoms with van der Waals surface area (Å²) in [4.78, 5) is 11.4. The number of rotatable bonds is 9. The van der Waals surface area contributed by atoms with Crippen molar-refractivity contribution >= 4 is 11.5 Å². The van der Waals surface area contributed by atoms with Crippen LogP contribution in [-0.2, 0) is 22.6 Å². The number of carboxylic acid groups (broad SMARTS) is 1. The number of carbonyl (C=O) groups is 1. The molecule has 0 amide bonds. The van der Waals surface area contributed by atoms with Crippen molar-refractivity contribution in [1.29, 1.82) is 0 Å². The standard InChI is InChI=1S/C28H28O5/c1-2-16-32-27(28(29)30)18-20-11-13-22(14-12-20)31-17-15-24-23-8-4-3-7-21(23)19-33-26-10-6-5-9-25(24)26/h3-15,27H,2,16-19H2,1H3,(H,29,30)/b24-15-. The molecule has 0 saturated heterocycles. The molecule has 1 heterocycles. The molecular weight excluding hydrogens is 416 g/mol. The molecule has 5 heteroatoms. The van der Waals surface area contributed by atoms with Crippen molar-refractivity contribution in [3.05, 3.63) is 101 Å². The van der Waals surface area contributed by atoms with Crippen LogP contribution in [0.25, 0.3) is 5.57 Å². The fourth-order valence-corrected chi connectivity index (χ4v) is 3.88. The number of ether oxygens (including phenoxy) is 3. The first kappa shape index (κ1) is 22.6. The summed E-state index contributed by atoms with van der Waals surface area (Å²) >= 11 is 0. The van der Waals surface area contributed by atoms with Crippen molar-refractivity contribution in [1.82, 2.24) is 0 Å². The molecule has 3 aromatic rings. The van der Waals surface area contributed by atoms with Gasteiger partial charge < -0.3 is 19.3 Å². The lowest BCUT2D eigenvalue weighted by Gasteiger charge is -2.14. The predicted molar refractivity (Wildman–Crippen MR) is 128 cm³/mol. The van der Waals surface area contributed by atoms with E-state index in [1.165, 1.54) is 0 Å². The molecule has 0 saturated carbocycles. The zero-order valence-corrected chi connectivity index (χ0v) is 18.7. The third-order valence-electron chi connectivity index (χ3n) is 5.55. The SMILES string of the molecule is CCCOC(Cc1ccc(OC/C=C2/c3ccccc3COc3ccccc32)cc1)C(=O)O. The monoisotopic (exact) mass is 444 g/mol. The van der Waals surface area contributed by atoms with Crippen molar-refractivity contribution in [2.45, 2.75) is 32.5 Å². The first-order valence-corrected chi connectivity index (χ1v) is 11.2.